The van der Waals surface area contributed by atoms with Crippen LogP contribution in [0, 0.1) is 0 Å². The molecule has 3 rings (SSSR count). The summed E-state index contributed by atoms with van der Waals surface area (Å²) in [6.45, 7) is 0. The molecule has 0 aliphatic heterocycles. The molecular formula is C20H21N3O4. The molecule has 4 N–H and O–H groups in total. The van der Waals surface area contributed by atoms with Crippen molar-refractivity contribution in [1.82, 2.24) is 5.32 Å². The van der Waals surface area contributed by atoms with Crippen molar-refractivity contribution in [3.8, 4) is 0 Å². The second kappa shape index (κ2) is 8.35. The molecule has 0 heterocycles. The van der Waals surface area contributed by atoms with Crippen molar-refractivity contribution in [2.24, 2.45) is 0 Å². The number of carboxylic acids is 1. The molecule has 0 atom stereocenters. The molecule has 0 unspecified atom stereocenters. The first-order valence-electron chi connectivity index (χ1n) is 8.79. The lowest BCUT2D eigenvalue weighted by Gasteiger charge is -2.10. The molecule has 7 nitrogen and oxygen atoms in total. The monoisotopic (exact) mass is 367 g/mol. The lowest BCUT2D eigenvalue weighted by molar-refractivity contribution is -0.136. The van der Waals surface area contributed by atoms with Crippen LogP contribution >= 0.6 is 0 Å². The smallest absolute Gasteiger partial charge is 0.323 e. The van der Waals surface area contributed by atoms with Crippen LogP contribution in [0.1, 0.15) is 35.2 Å². The van der Waals surface area contributed by atoms with E-state index in [1.807, 2.05) is 6.07 Å². The molecule has 1 saturated carbocycles. The van der Waals surface area contributed by atoms with Gasteiger partial charge in [-0.25, -0.2) is 4.79 Å². The molecule has 27 heavy (non-hydrogen) atoms. The molecule has 0 radical (unpaired) electrons. The van der Waals surface area contributed by atoms with Crippen LogP contribution in [0.15, 0.2) is 48.5 Å². The molecule has 2 aromatic rings. The van der Waals surface area contributed by atoms with Crippen molar-refractivity contribution in [2.75, 3.05) is 10.6 Å². The number of rotatable bonds is 7. The van der Waals surface area contributed by atoms with Gasteiger partial charge in [-0.3, -0.25) is 9.59 Å². The lowest BCUT2D eigenvalue weighted by Crippen LogP contribution is -2.25. The fourth-order valence-electron chi connectivity index (χ4n) is 2.58. The third-order valence-corrected chi connectivity index (χ3v) is 4.11. The number of carbonyl (C=O) groups is 3. The number of nitrogens with one attached hydrogen (secondary N) is 3. The van der Waals surface area contributed by atoms with Gasteiger partial charge in [0.05, 0.1) is 0 Å². The summed E-state index contributed by atoms with van der Waals surface area (Å²) in [5, 5.41) is 17.1. The van der Waals surface area contributed by atoms with Crippen molar-refractivity contribution < 1.29 is 19.5 Å². The summed E-state index contributed by atoms with van der Waals surface area (Å²) in [6.07, 6.45) is 2.45. The van der Waals surface area contributed by atoms with Gasteiger partial charge in [-0.2, -0.15) is 0 Å². The highest BCUT2D eigenvalue weighted by molar-refractivity contribution is 6.01. The Labute approximate surface area is 156 Å². The summed E-state index contributed by atoms with van der Waals surface area (Å²) in [7, 11) is 0. The third kappa shape index (κ3) is 5.85. The molecule has 140 valence electrons. The number of carbonyl (C=O) groups excluding carboxylic acids is 2. The van der Waals surface area contributed by atoms with Gasteiger partial charge < -0.3 is 21.1 Å². The zero-order valence-corrected chi connectivity index (χ0v) is 14.7. The fraction of sp³-hybridized carbons (Fsp3) is 0.250. The summed E-state index contributed by atoms with van der Waals surface area (Å²) < 4.78 is 0. The highest BCUT2D eigenvalue weighted by Crippen LogP contribution is 2.20. The number of aryl methyl sites for hydroxylation is 1. The molecule has 0 spiro atoms. The summed E-state index contributed by atoms with van der Waals surface area (Å²) in [5.41, 5.74) is 2.40. The average Bonchev–Trinajstić information content (AvgIpc) is 3.44. The Balaban J connectivity index is 1.58. The first kappa shape index (κ1) is 18.4. The molecule has 7 heteroatoms. The van der Waals surface area contributed by atoms with E-state index in [1.54, 1.807) is 42.5 Å². The summed E-state index contributed by atoms with van der Waals surface area (Å²) in [4.78, 5) is 35.0. The fourth-order valence-corrected chi connectivity index (χ4v) is 2.58. The first-order valence-corrected chi connectivity index (χ1v) is 8.79. The van der Waals surface area contributed by atoms with Crippen molar-refractivity contribution in [2.45, 2.75) is 31.7 Å². The predicted molar refractivity (Wildman–Crippen MR) is 102 cm³/mol. The van der Waals surface area contributed by atoms with E-state index in [2.05, 4.69) is 16.0 Å². The van der Waals surface area contributed by atoms with Gasteiger partial charge in [0.15, 0.2) is 0 Å². The van der Waals surface area contributed by atoms with Crippen molar-refractivity contribution in [3.63, 3.8) is 0 Å². The second-order valence-corrected chi connectivity index (χ2v) is 6.50. The van der Waals surface area contributed by atoms with Crippen LogP contribution in [-0.2, 0) is 11.2 Å². The SMILES string of the molecule is O=C(O)CCc1cccc(NC(=O)Nc2cccc(C(=O)NC3CC3)c2)c1. The Morgan fingerprint density at radius 3 is 2.30 bits per heavy atom. The van der Waals surface area contributed by atoms with E-state index in [-0.39, 0.29) is 18.4 Å². The zero-order valence-electron chi connectivity index (χ0n) is 14.7. The lowest BCUT2D eigenvalue weighted by atomic mass is 10.1. The Kier molecular flexibility index (Phi) is 5.71. The topological polar surface area (TPSA) is 108 Å². The Morgan fingerprint density at radius 2 is 1.63 bits per heavy atom. The van der Waals surface area contributed by atoms with Crippen LogP contribution in [-0.4, -0.2) is 29.1 Å². The van der Waals surface area contributed by atoms with E-state index >= 15 is 0 Å². The van der Waals surface area contributed by atoms with Crippen LogP contribution in [0.3, 0.4) is 0 Å². The molecular weight excluding hydrogens is 346 g/mol. The highest BCUT2D eigenvalue weighted by Gasteiger charge is 2.23. The van der Waals surface area contributed by atoms with Gasteiger partial charge in [0.25, 0.3) is 5.91 Å². The van der Waals surface area contributed by atoms with E-state index < -0.39 is 12.0 Å². The van der Waals surface area contributed by atoms with Crippen LogP contribution < -0.4 is 16.0 Å². The molecule has 1 aliphatic carbocycles. The maximum absolute atomic E-state index is 12.2. The minimum Gasteiger partial charge on any atom is -0.481 e. The maximum atomic E-state index is 12.2. The van der Waals surface area contributed by atoms with Gasteiger partial charge in [0, 0.05) is 29.4 Å². The number of carboxylic acid groups (broad SMARTS) is 1. The minimum absolute atomic E-state index is 0.0331. The number of hydrogen-bond acceptors (Lipinski definition) is 3. The zero-order chi connectivity index (χ0) is 19.2. The van der Waals surface area contributed by atoms with Gasteiger partial charge in [-0.05, 0) is 55.2 Å². The molecule has 0 saturated heterocycles. The van der Waals surface area contributed by atoms with E-state index in [1.165, 1.54) is 0 Å². The van der Waals surface area contributed by atoms with E-state index in [9.17, 15) is 14.4 Å². The maximum Gasteiger partial charge on any atom is 0.323 e. The number of hydrogen-bond donors (Lipinski definition) is 4. The molecule has 2 aromatic carbocycles. The van der Waals surface area contributed by atoms with Gasteiger partial charge >= 0.3 is 12.0 Å². The van der Waals surface area contributed by atoms with Crippen LogP contribution in [0.25, 0.3) is 0 Å². The number of amides is 3. The summed E-state index contributed by atoms with van der Waals surface area (Å²) >= 11 is 0. The van der Waals surface area contributed by atoms with Gasteiger partial charge in [-0.15, -0.1) is 0 Å². The van der Waals surface area contributed by atoms with Crippen LogP contribution in [0.5, 0.6) is 0 Å². The number of urea groups is 1. The minimum atomic E-state index is -0.864. The standard InChI is InChI=1S/C20H21N3O4/c24-18(25)10-7-13-3-1-5-16(11-13)22-20(27)23-17-6-2-4-14(12-17)19(26)21-15-8-9-15/h1-6,11-12,15H,7-10H2,(H,21,26)(H,24,25)(H2,22,23,27). The predicted octanol–water partition coefficient (Wildman–Crippen LogP) is 3.24. The van der Waals surface area contributed by atoms with Crippen LogP contribution in [0.4, 0.5) is 16.2 Å². The molecule has 0 aromatic heterocycles. The molecule has 3 amide bonds. The normalized spacial score (nSPS) is 12.9. The van der Waals surface area contributed by atoms with E-state index in [4.69, 9.17) is 5.11 Å². The first-order chi connectivity index (χ1) is 13.0. The van der Waals surface area contributed by atoms with E-state index in [0.29, 0.717) is 23.4 Å². The molecule has 1 fully saturated rings. The van der Waals surface area contributed by atoms with Crippen LogP contribution in [0.2, 0.25) is 0 Å². The van der Waals surface area contributed by atoms with Gasteiger partial charge in [0.1, 0.15) is 0 Å². The second-order valence-electron chi connectivity index (χ2n) is 6.50. The summed E-state index contributed by atoms with van der Waals surface area (Å²) in [6, 6.07) is 13.6. The van der Waals surface area contributed by atoms with Crippen molar-refractivity contribution in [1.29, 1.82) is 0 Å². The van der Waals surface area contributed by atoms with E-state index in [0.717, 1.165) is 18.4 Å². The van der Waals surface area contributed by atoms with Crippen molar-refractivity contribution >= 4 is 29.3 Å². The summed E-state index contributed by atoms with van der Waals surface area (Å²) in [5.74, 6) is -1.01. The molecule has 1 aliphatic rings. The number of aliphatic carboxylic acids is 1. The third-order valence-electron chi connectivity index (χ3n) is 4.11. The number of anilines is 2. The Hall–Kier alpha value is -3.35. The molecule has 0 bridgehead atoms. The Morgan fingerprint density at radius 1 is 0.963 bits per heavy atom. The van der Waals surface area contributed by atoms with Gasteiger partial charge in [0.2, 0.25) is 0 Å². The Bertz CT molecular complexity index is 862. The van der Waals surface area contributed by atoms with Gasteiger partial charge in [-0.1, -0.05) is 18.2 Å². The highest BCUT2D eigenvalue weighted by atomic mass is 16.4. The number of benzene rings is 2. The quantitative estimate of drug-likeness (QED) is 0.602. The van der Waals surface area contributed by atoms with Crippen molar-refractivity contribution in [3.05, 3.63) is 59.7 Å². The average molecular weight is 367 g/mol. The largest absolute Gasteiger partial charge is 0.481 e.